The first-order valence-electron chi connectivity index (χ1n) is 6.73. The number of alkyl halides is 3. The van der Waals surface area contributed by atoms with Crippen LogP contribution in [0.3, 0.4) is 0 Å². The molecule has 2 amide bonds. The standard InChI is InChI=1S/C15H13F3N4O2/c16-15(17,18)9-3-5-10(6-4-9)22-14(24)11-2-1-7-20-13(11)21-8-12(19)23/h1-7H,8H2,(H2,19,23)(H,20,21)(H,22,24). The van der Waals surface area contributed by atoms with E-state index < -0.39 is 23.6 Å². The maximum absolute atomic E-state index is 12.5. The van der Waals surface area contributed by atoms with Crippen molar-refractivity contribution in [2.24, 2.45) is 5.73 Å². The molecular weight excluding hydrogens is 325 g/mol. The van der Waals surface area contributed by atoms with Crippen LogP contribution in [-0.4, -0.2) is 23.3 Å². The van der Waals surface area contributed by atoms with E-state index in [0.29, 0.717) is 0 Å². The molecule has 0 aliphatic heterocycles. The second-order valence-corrected chi connectivity index (χ2v) is 4.75. The van der Waals surface area contributed by atoms with E-state index in [9.17, 15) is 22.8 Å². The van der Waals surface area contributed by atoms with Gasteiger partial charge in [-0.15, -0.1) is 0 Å². The zero-order valence-electron chi connectivity index (χ0n) is 12.2. The normalized spacial score (nSPS) is 11.0. The van der Waals surface area contributed by atoms with Crippen molar-refractivity contribution in [2.75, 3.05) is 17.2 Å². The van der Waals surface area contributed by atoms with Crippen molar-refractivity contribution in [1.82, 2.24) is 4.98 Å². The fourth-order valence-electron chi connectivity index (χ4n) is 1.84. The summed E-state index contributed by atoms with van der Waals surface area (Å²) in [6.45, 7) is -0.211. The van der Waals surface area contributed by atoms with Gasteiger partial charge >= 0.3 is 6.18 Å². The summed E-state index contributed by atoms with van der Waals surface area (Å²) in [6, 6.07) is 6.99. The number of rotatable bonds is 5. The van der Waals surface area contributed by atoms with Gasteiger partial charge in [0.25, 0.3) is 5.91 Å². The number of amides is 2. The molecule has 0 atom stereocenters. The topological polar surface area (TPSA) is 97.1 Å². The van der Waals surface area contributed by atoms with Gasteiger partial charge in [0, 0.05) is 11.9 Å². The highest BCUT2D eigenvalue weighted by molar-refractivity contribution is 6.07. The molecule has 2 aromatic rings. The SMILES string of the molecule is NC(=O)CNc1ncccc1C(=O)Nc1ccc(C(F)(F)F)cc1. The summed E-state index contributed by atoms with van der Waals surface area (Å²) in [5.41, 5.74) is 4.52. The van der Waals surface area contributed by atoms with Crippen molar-refractivity contribution in [3.05, 3.63) is 53.7 Å². The number of primary amides is 1. The lowest BCUT2D eigenvalue weighted by Crippen LogP contribution is -2.24. The molecule has 126 valence electrons. The molecule has 0 saturated heterocycles. The van der Waals surface area contributed by atoms with Crippen molar-refractivity contribution in [3.8, 4) is 0 Å². The summed E-state index contributed by atoms with van der Waals surface area (Å²) in [6.07, 6.45) is -3.03. The Morgan fingerprint density at radius 2 is 1.79 bits per heavy atom. The van der Waals surface area contributed by atoms with Crippen LogP contribution in [0.15, 0.2) is 42.6 Å². The maximum atomic E-state index is 12.5. The predicted molar refractivity (Wildman–Crippen MR) is 81.3 cm³/mol. The maximum Gasteiger partial charge on any atom is 0.416 e. The first-order chi connectivity index (χ1) is 11.3. The Bertz CT molecular complexity index is 745. The number of nitrogens with zero attached hydrogens (tertiary/aromatic N) is 1. The number of halogens is 3. The summed E-state index contributed by atoms with van der Waals surface area (Å²) in [7, 11) is 0. The molecule has 0 saturated carbocycles. The quantitative estimate of drug-likeness (QED) is 0.779. The van der Waals surface area contributed by atoms with Crippen molar-refractivity contribution in [2.45, 2.75) is 6.18 Å². The Morgan fingerprint density at radius 3 is 2.38 bits per heavy atom. The lowest BCUT2D eigenvalue weighted by molar-refractivity contribution is -0.137. The van der Waals surface area contributed by atoms with Crippen molar-refractivity contribution < 1.29 is 22.8 Å². The van der Waals surface area contributed by atoms with Crippen molar-refractivity contribution in [3.63, 3.8) is 0 Å². The molecule has 0 radical (unpaired) electrons. The molecule has 6 nitrogen and oxygen atoms in total. The van der Waals surface area contributed by atoms with Crippen LogP contribution in [0.1, 0.15) is 15.9 Å². The molecule has 0 fully saturated rings. The predicted octanol–water partition coefficient (Wildman–Crippen LogP) is 2.25. The summed E-state index contributed by atoms with van der Waals surface area (Å²) in [5, 5.41) is 5.08. The molecule has 9 heteroatoms. The van der Waals surface area contributed by atoms with Crippen LogP contribution in [-0.2, 0) is 11.0 Å². The molecule has 0 aliphatic carbocycles. The first kappa shape index (κ1) is 17.3. The molecule has 24 heavy (non-hydrogen) atoms. The van der Waals surface area contributed by atoms with E-state index in [4.69, 9.17) is 5.73 Å². The number of aromatic nitrogens is 1. The van der Waals surface area contributed by atoms with E-state index >= 15 is 0 Å². The van der Waals surface area contributed by atoms with Crippen LogP contribution in [0.4, 0.5) is 24.7 Å². The lowest BCUT2D eigenvalue weighted by Gasteiger charge is -2.11. The van der Waals surface area contributed by atoms with Crippen LogP contribution in [0.5, 0.6) is 0 Å². The highest BCUT2D eigenvalue weighted by Crippen LogP contribution is 2.29. The number of pyridine rings is 1. The zero-order chi connectivity index (χ0) is 17.7. The van der Waals surface area contributed by atoms with Gasteiger partial charge < -0.3 is 16.4 Å². The van der Waals surface area contributed by atoms with Crippen LogP contribution >= 0.6 is 0 Å². The highest BCUT2D eigenvalue weighted by atomic mass is 19.4. The third-order valence-electron chi connectivity index (χ3n) is 2.95. The highest BCUT2D eigenvalue weighted by Gasteiger charge is 2.30. The van der Waals surface area contributed by atoms with Gasteiger partial charge in [0.1, 0.15) is 5.82 Å². The molecule has 1 aromatic carbocycles. The molecule has 1 aromatic heterocycles. The molecule has 2 rings (SSSR count). The molecule has 0 bridgehead atoms. The van der Waals surface area contributed by atoms with Gasteiger partial charge in [-0.1, -0.05) is 0 Å². The molecule has 0 spiro atoms. The summed E-state index contributed by atoms with van der Waals surface area (Å²) >= 11 is 0. The minimum absolute atomic E-state index is 0.124. The number of hydrogen-bond donors (Lipinski definition) is 3. The average Bonchev–Trinajstić information content (AvgIpc) is 2.52. The third kappa shape index (κ3) is 4.45. The van der Waals surface area contributed by atoms with E-state index in [1.54, 1.807) is 0 Å². The van der Waals surface area contributed by atoms with Crippen molar-refractivity contribution >= 4 is 23.3 Å². The Morgan fingerprint density at radius 1 is 1.12 bits per heavy atom. The number of carbonyl (C=O) groups is 2. The van der Waals surface area contributed by atoms with Crippen LogP contribution in [0.25, 0.3) is 0 Å². The molecule has 4 N–H and O–H groups in total. The van der Waals surface area contributed by atoms with Crippen LogP contribution < -0.4 is 16.4 Å². The Kier molecular flexibility index (Phi) is 5.02. The fourth-order valence-corrected chi connectivity index (χ4v) is 1.84. The first-order valence-corrected chi connectivity index (χ1v) is 6.73. The average molecular weight is 338 g/mol. The van der Waals surface area contributed by atoms with Gasteiger partial charge in [-0.2, -0.15) is 13.2 Å². The monoisotopic (exact) mass is 338 g/mol. The second-order valence-electron chi connectivity index (χ2n) is 4.75. The van der Waals surface area contributed by atoms with E-state index in [1.165, 1.54) is 18.3 Å². The van der Waals surface area contributed by atoms with Crippen LogP contribution in [0.2, 0.25) is 0 Å². The van der Waals surface area contributed by atoms with E-state index in [0.717, 1.165) is 24.3 Å². The number of anilines is 2. The van der Waals surface area contributed by atoms with E-state index in [2.05, 4.69) is 15.6 Å². The summed E-state index contributed by atoms with van der Waals surface area (Å²) < 4.78 is 37.5. The van der Waals surface area contributed by atoms with Crippen LogP contribution in [0, 0.1) is 0 Å². The molecule has 1 heterocycles. The number of carbonyl (C=O) groups excluding carboxylic acids is 2. The number of nitrogens with one attached hydrogen (secondary N) is 2. The zero-order valence-corrected chi connectivity index (χ0v) is 12.2. The number of nitrogens with two attached hydrogens (primary N) is 1. The summed E-state index contributed by atoms with van der Waals surface area (Å²) in [5.74, 6) is -1.08. The Balaban J connectivity index is 2.14. The Hall–Kier alpha value is -3.10. The summed E-state index contributed by atoms with van der Waals surface area (Å²) in [4.78, 5) is 27.0. The van der Waals surface area contributed by atoms with Crippen molar-refractivity contribution in [1.29, 1.82) is 0 Å². The minimum Gasteiger partial charge on any atom is -0.368 e. The van der Waals surface area contributed by atoms with E-state index in [1.807, 2.05) is 0 Å². The molecular formula is C15H13F3N4O2. The van der Waals surface area contributed by atoms with E-state index in [-0.39, 0.29) is 23.6 Å². The molecule has 0 aliphatic rings. The smallest absolute Gasteiger partial charge is 0.368 e. The van der Waals surface area contributed by atoms with Gasteiger partial charge in [0.05, 0.1) is 17.7 Å². The Labute approximate surface area is 134 Å². The van der Waals surface area contributed by atoms with Gasteiger partial charge in [-0.05, 0) is 36.4 Å². The molecule has 0 unspecified atom stereocenters. The second kappa shape index (κ2) is 6.99. The fraction of sp³-hybridized carbons (Fsp3) is 0.133. The number of benzene rings is 1. The van der Waals surface area contributed by atoms with Gasteiger partial charge in [0.15, 0.2) is 0 Å². The third-order valence-corrected chi connectivity index (χ3v) is 2.95. The number of hydrogen-bond acceptors (Lipinski definition) is 4. The lowest BCUT2D eigenvalue weighted by atomic mass is 10.2. The van der Waals surface area contributed by atoms with Gasteiger partial charge in [-0.25, -0.2) is 4.98 Å². The largest absolute Gasteiger partial charge is 0.416 e. The van der Waals surface area contributed by atoms with Gasteiger partial charge in [-0.3, -0.25) is 9.59 Å². The van der Waals surface area contributed by atoms with Gasteiger partial charge in [0.2, 0.25) is 5.91 Å². The minimum atomic E-state index is -4.45.